The number of methoxy groups -OCH3 is 1. The van der Waals surface area contributed by atoms with E-state index in [1.54, 1.807) is 7.11 Å². The smallest absolute Gasteiger partial charge is 0.158 e. The molecule has 3 aromatic rings. The maximum Gasteiger partial charge on any atom is 0.158 e. The van der Waals surface area contributed by atoms with Gasteiger partial charge in [0.15, 0.2) is 5.65 Å². The third-order valence-corrected chi connectivity index (χ3v) is 6.25. The number of fused-ring (bicyclic) bond motifs is 1. The van der Waals surface area contributed by atoms with Crippen LogP contribution in [-0.4, -0.2) is 72.0 Å². The molecule has 172 valence electrons. The Morgan fingerprint density at radius 2 is 2.00 bits per heavy atom. The Balaban J connectivity index is 1.36. The quantitative estimate of drug-likeness (QED) is 0.555. The van der Waals surface area contributed by atoms with Gasteiger partial charge >= 0.3 is 0 Å². The van der Waals surface area contributed by atoms with Crippen molar-refractivity contribution in [3.63, 3.8) is 0 Å². The zero-order valence-electron chi connectivity index (χ0n) is 19.7. The summed E-state index contributed by atoms with van der Waals surface area (Å²) in [6.07, 6.45) is 3.80. The molecule has 0 spiro atoms. The van der Waals surface area contributed by atoms with E-state index in [-0.39, 0.29) is 0 Å². The fourth-order valence-corrected chi connectivity index (χ4v) is 4.31. The van der Waals surface area contributed by atoms with Gasteiger partial charge in [0.2, 0.25) is 0 Å². The summed E-state index contributed by atoms with van der Waals surface area (Å²) in [5, 5.41) is 8.25. The molecule has 2 aromatic heterocycles. The molecular formula is C25H35N5O2. The van der Waals surface area contributed by atoms with Crippen molar-refractivity contribution < 1.29 is 9.47 Å². The van der Waals surface area contributed by atoms with Crippen LogP contribution in [0.3, 0.4) is 0 Å². The Bertz CT molecular complexity index is 1030. The number of nitrogens with one attached hydrogen (secondary N) is 1. The second-order valence-corrected chi connectivity index (χ2v) is 8.63. The second-order valence-electron chi connectivity index (χ2n) is 8.63. The van der Waals surface area contributed by atoms with Crippen LogP contribution in [0.25, 0.3) is 5.65 Å². The highest BCUT2D eigenvalue weighted by Crippen LogP contribution is 2.22. The van der Waals surface area contributed by atoms with Crippen LogP contribution in [0.5, 0.6) is 5.75 Å². The molecule has 0 amide bonds. The number of rotatable bonds is 9. The SMILES string of the molecule is CCc1nn2cc(C)c(C)nc2c1Cc1ccc(OCCN2CCNC(COC)C2)cc1. The van der Waals surface area contributed by atoms with Crippen LogP contribution in [0.4, 0.5) is 0 Å². The van der Waals surface area contributed by atoms with Crippen molar-refractivity contribution in [1.29, 1.82) is 0 Å². The molecule has 3 heterocycles. The molecule has 0 aliphatic carbocycles. The molecule has 4 rings (SSSR count). The van der Waals surface area contributed by atoms with E-state index < -0.39 is 0 Å². The molecule has 1 fully saturated rings. The second kappa shape index (κ2) is 10.4. The molecule has 1 aliphatic rings. The molecule has 1 saturated heterocycles. The zero-order chi connectivity index (χ0) is 22.5. The first-order chi connectivity index (χ1) is 15.6. The van der Waals surface area contributed by atoms with Crippen LogP contribution >= 0.6 is 0 Å². The largest absolute Gasteiger partial charge is 0.492 e. The Kier molecular flexibility index (Phi) is 7.40. The number of ether oxygens (including phenoxy) is 2. The number of hydrogen-bond acceptors (Lipinski definition) is 6. The number of hydrogen-bond donors (Lipinski definition) is 1. The van der Waals surface area contributed by atoms with Gasteiger partial charge in [0.05, 0.1) is 12.3 Å². The highest BCUT2D eigenvalue weighted by atomic mass is 16.5. The van der Waals surface area contributed by atoms with Crippen molar-refractivity contribution >= 4 is 5.65 Å². The van der Waals surface area contributed by atoms with Crippen molar-refractivity contribution in [2.24, 2.45) is 0 Å². The number of benzene rings is 1. The summed E-state index contributed by atoms with van der Waals surface area (Å²) in [7, 11) is 1.75. The minimum absolute atomic E-state index is 0.406. The van der Waals surface area contributed by atoms with Gasteiger partial charge in [-0.05, 0) is 43.5 Å². The number of nitrogens with zero attached hydrogens (tertiary/aromatic N) is 4. The maximum atomic E-state index is 6.02. The normalized spacial score (nSPS) is 17.2. The first-order valence-corrected chi connectivity index (χ1v) is 11.6. The molecule has 1 N–H and O–H groups in total. The van der Waals surface area contributed by atoms with Crippen molar-refractivity contribution in [2.75, 3.05) is 46.5 Å². The molecule has 1 aliphatic heterocycles. The van der Waals surface area contributed by atoms with Gasteiger partial charge in [-0.1, -0.05) is 19.1 Å². The van der Waals surface area contributed by atoms with Crippen molar-refractivity contribution in [3.05, 3.63) is 58.5 Å². The summed E-state index contributed by atoms with van der Waals surface area (Å²) in [5.74, 6) is 0.914. The third-order valence-electron chi connectivity index (χ3n) is 6.25. The molecule has 0 radical (unpaired) electrons. The van der Waals surface area contributed by atoms with Gasteiger partial charge in [0, 0.05) is 63.2 Å². The van der Waals surface area contributed by atoms with E-state index >= 15 is 0 Å². The van der Waals surface area contributed by atoms with Crippen molar-refractivity contribution in [1.82, 2.24) is 24.8 Å². The Hall–Kier alpha value is -2.48. The summed E-state index contributed by atoms with van der Waals surface area (Å²) in [6, 6.07) is 8.85. The van der Waals surface area contributed by atoms with Gasteiger partial charge in [0.25, 0.3) is 0 Å². The van der Waals surface area contributed by atoms with Gasteiger partial charge < -0.3 is 14.8 Å². The van der Waals surface area contributed by atoms with E-state index in [0.717, 1.165) is 74.0 Å². The van der Waals surface area contributed by atoms with Gasteiger partial charge in [-0.2, -0.15) is 5.10 Å². The van der Waals surface area contributed by atoms with E-state index in [9.17, 15) is 0 Å². The van der Waals surface area contributed by atoms with E-state index in [0.29, 0.717) is 12.6 Å². The molecular weight excluding hydrogens is 402 g/mol. The minimum Gasteiger partial charge on any atom is -0.492 e. The average molecular weight is 438 g/mol. The lowest BCUT2D eigenvalue weighted by Crippen LogP contribution is -2.53. The van der Waals surface area contributed by atoms with Gasteiger partial charge in [-0.15, -0.1) is 0 Å². The van der Waals surface area contributed by atoms with E-state index in [1.165, 1.54) is 11.1 Å². The molecule has 1 atom stereocenters. The number of aromatic nitrogens is 3. The summed E-state index contributed by atoms with van der Waals surface area (Å²) in [4.78, 5) is 7.25. The van der Waals surface area contributed by atoms with Crippen molar-refractivity contribution in [3.8, 4) is 5.75 Å². The van der Waals surface area contributed by atoms with Gasteiger partial charge in [0.1, 0.15) is 12.4 Å². The first kappa shape index (κ1) is 22.7. The van der Waals surface area contributed by atoms with Gasteiger partial charge in [-0.3, -0.25) is 4.90 Å². The Labute approximate surface area is 190 Å². The highest BCUT2D eigenvalue weighted by Gasteiger charge is 2.19. The predicted molar refractivity (Wildman–Crippen MR) is 127 cm³/mol. The van der Waals surface area contributed by atoms with E-state index in [1.807, 2.05) is 4.52 Å². The highest BCUT2D eigenvalue weighted by molar-refractivity contribution is 5.53. The minimum atomic E-state index is 0.406. The van der Waals surface area contributed by atoms with Crippen LogP contribution in [0, 0.1) is 13.8 Å². The fourth-order valence-electron chi connectivity index (χ4n) is 4.31. The number of aryl methyl sites for hydroxylation is 3. The predicted octanol–water partition coefficient (Wildman–Crippen LogP) is 2.80. The number of piperazine rings is 1. The standard InChI is InChI=1S/C25H35N5O2/c1-5-24-23(25-27-19(3)18(2)15-30(25)28-24)14-20-6-8-22(9-7-20)32-13-12-29-11-10-26-21(16-29)17-31-4/h6-9,15,21,26H,5,10-14,16-17H2,1-4H3. The lowest BCUT2D eigenvalue weighted by molar-refractivity contribution is 0.107. The molecule has 0 bridgehead atoms. The van der Waals surface area contributed by atoms with Crippen molar-refractivity contribution in [2.45, 2.75) is 39.7 Å². The maximum absolute atomic E-state index is 6.02. The molecule has 1 aromatic carbocycles. The van der Waals surface area contributed by atoms with E-state index in [2.05, 4.69) is 61.5 Å². The van der Waals surface area contributed by atoms with Crippen LogP contribution in [-0.2, 0) is 17.6 Å². The average Bonchev–Trinajstić information content (AvgIpc) is 3.12. The molecule has 32 heavy (non-hydrogen) atoms. The third kappa shape index (κ3) is 5.28. The van der Waals surface area contributed by atoms with E-state index in [4.69, 9.17) is 19.6 Å². The van der Waals surface area contributed by atoms with Crippen LogP contribution in [0.1, 0.15) is 35.0 Å². The molecule has 1 unspecified atom stereocenters. The Morgan fingerprint density at radius 3 is 2.75 bits per heavy atom. The molecule has 7 heteroatoms. The zero-order valence-corrected chi connectivity index (χ0v) is 19.7. The Morgan fingerprint density at radius 1 is 1.19 bits per heavy atom. The van der Waals surface area contributed by atoms with Crippen LogP contribution in [0.2, 0.25) is 0 Å². The van der Waals surface area contributed by atoms with Gasteiger partial charge in [-0.25, -0.2) is 9.50 Å². The topological polar surface area (TPSA) is 63.9 Å². The summed E-state index contributed by atoms with van der Waals surface area (Å²) in [5.41, 5.74) is 6.76. The van der Waals surface area contributed by atoms with Crippen LogP contribution < -0.4 is 10.1 Å². The monoisotopic (exact) mass is 437 g/mol. The lowest BCUT2D eigenvalue weighted by Gasteiger charge is -2.33. The summed E-state index contributed by atoms with van der Waals surface area (Å²) in [6.45, 7) is 11.7. The summed E-state index contributed by atoms with van der Waals surface area (Å²) < 4.78 is 13.2. The summed E-state index contributed by atoms with van der Waals surface area (Å²) >= 11 is 0. The molecule has 0 saturated carbocycles. The fraction of sp³-hybridized carbons (Fsp3) is 0.520. The molecule has 7 nitrogen and oxygen atoms in total. The lowest BCUT2D eigenvalue weighted by atomic mass is 10.0. The van der Waals surface area contributed by atoms with Crippen LogP contribution in [0.15, 0.2) is 30.5 Å². The first-order valence-electron chi connectivity index (χ1n) is 11.6.